The van der Waals surface area contributed by atoms with Crippen LogP contribution in [0.3, 0.4) is 0 Å². The zero-order valence-corrected chi connectivity index (χ0v) is 18.4. The van der Waals surface area contributed by atoms with E-state index >= 15 is 0 Å². The first-order valence-corrected chi connectivity index (χ1v) is 11.8. The molecule has 32 heavy (non-hydrogen) atoms. The third-order valence-electron chi connectivity index (χ3n) is 5.54. The van der Waals surface area contributed by atoms with E-state index in [1.54, 1.807) is 24.3 Å². The van der Waals surface area contributed by atoms with Gasteiger partial charge in [0.05, 0.1) is 4.90 Å². The Balaban J connectivity index is 1.61. The molecule has 166 valence electrons. The number of hydrogen-bond acceptors (Lipinski definition) is 4. The highest BCUT2D eigenvalue weighted by atomic mass is 32.2. The normalized spacial score (nSPS) is 12.9. The molecule has 0 aromatic heterocycles. The van der Waals surface area contributed by atoms with Gasteiger partial charge in [-0.2, -0.15) is 0 Å². The first kappa shape index (κ1) is 22.0. The maximum Gasteiger partial charge on any atom is 0.255 e. The number of sulfonamides is 1. The molecule has 0 saturated heterocycles. The quantitative estimate of drug-likeness (QED) is 0.503. The number of rotatable bonds is 7. The Kier molecular flexibility index (Phi) is 6.25. The topological polar surface area (TPSA) is 87.3 Å². The zero-order chi connectivity index (χ0) is 22.7. The number of hydrogen-bond donors (Lipinski definition) is 3. The molecule has 0 fully saturated rings. The molecule has 1 amide bonds. The summed E-state index contributed by atoms with van der Waals surface area (Å²) in [5, 5.41) is 5.87. The lowest BCUT2D eigenvalue weighted by atomic mass is 10.1. The van der Waals surface area contributed by atoms with Crippen LogP contribution in [0.2, 0.25) is 0 Å². The van der Waals surface area contributed by atoms with Crippen LogP contribution in [-0.4, -0.2) is 21.4 Å². The number of carbonyl (C=O) groups is 1. The molecule has 6 nitrogen and oxygen atoms in total. The largest absolute Gasteiger partial charge is 0.381 e. The van der Waals surface area contributed by atoms with Crippen LogP contribution in [0.25, 0.3) is 0 Å². The number of nitrogens with one attached hydrogen (secondary N) is 3. The second kappa shape index (κ2) is 9.10. The molecule has 8 heteroatoms. The van der Waals surface area contributed by atoms with Crippen LogP contribution in [-0.2, 0) is 29.4 Å². The summed E-state index contributed by atoms with van der Waals surface area (Å²) in [6, 6.07) is 16.4. The number of benzene rings is 3. The second-order valence-electron chi connectivity index (χ2n) is 7.69. The molecule has 0 radical (unpaired) electrons. The number of aryl methyl sites for hydroxylation is 2. The highest BCUT2D eigenvalue weighted by molar-refractivity contribution is 7.89. The average molecular weight is 454 g/mol. The first-order chi connectivity index (χ1) is 15.4. The smallest absolute Gasteiger partial charge is 0.255 e. The maximum absolute atomic E-state index is 13.9. The van der Waals surface area contributed by atoms with Crippen molar-refractivity contribution >= 4 is 27.3 Å². The number of carbonyl (C=O) groups excluding carboxylic acids is 1. The van der Waals surface area contributed by atoms with E-state index in [9.17, 15) is 17.6 Å². The third-order valence-corrected chi connectivity index (χ3v) is 6.94. The lowest BCUT2D eigenvalue weighted by molar-refractivity contribution is 0.102. The second-order valence-corrected chi connectivity index (χ2v) is 9.58. The van der Waals surface area contributed by atoms with Crippen molar-refractivity contribution in [3.63, 3.8) is 0 Å². The van der Waals surface area contributed by atoms with Gasteiger partial charge in [0.15, 0.2) is 0 Å². The van der Waals surface area contributed by atoms with E-state index < -0.39 is 15.9 Å². The van der Waals surface area contributed by atoms with Gasteiger partial charge in [-0.3, -0.25) is 4.79 Å². The minimum atomic E-state index is -3.79. The Bertz CT molecular complexity index is 1280. The molecule has 0 saturated carbocycles. The number of amides is 1. The first-order valence-electron chi connectivity index (χ1n) is 10.3. The fourth-order valence-corrected chi connectivity index (χ4v) is 4.60. The van der Waals surface area contributed by atoms with Crippen LogP contribution in [0.4, 0.5) is 15.8 Å². The Morgan fingerprint density at radius 1 is 0.969 bits per heavy atom. The lowest BCUT2D eigenvalue weighted by Gasteiger charge is -2.13. The highest BCUT2D eigenvalue weighted by Crippen LogP contribution is 2.26. The van der Waals surface area contributed by atoms with Crippen molar-refractivity contribution in [1.29, 1.82) is 0 Å². The maximum atomic E-state index is 13.9. The van der Waals surface area contributed by atoms with Crippen LogP contribution in [0.5, 0.6) is 0 Å². The van der Waals surface area contributed by atoms with Crippen LogP contribution in [0, 0.1) is 5.82 Å². The Hall–Kier alpha value is -3.23. The summed E-state index contributed by atoms with van der Waals surface area (Å²) < 4.78 is 41.0. The third kappa shape index (κ3) is 4.81. The Labute approximate surface area is 186 Å². The molecule has 0 spiro atoms. The van der Waals surface area contributed by atoms with E-state index in [1.807, 2.05) is 18.2 Å². The number of anilines is 2. The van der Waals surface area contributed by atoms with Gasteiger partial charge in [0.1, 0.15) is 5.82 Å². The SMILES string of the molecule is CNS(=O)(=O)c1cc(NCc2ccccc2F)cc(C(=O)Nc2ccc3c(c2)CCC3)c1. The van der Waals surface area contributed by atoms with Crippen LogP contribution < -0.4 is 15.4 Å². The summed E-state index contributed by atoms with van der Waals surface area (Å²) in [6.07, 6.45) is 3.14. The van der Waals surface area contributed by atoms with E-state index in [2.05, 4.69) is 15.4 Å². The molecule has 1 aliphatic rings. The molecule has 0 heterocycles. The van der Waals surface area contributed by atoms with Crippen LogP contribution in [0.1, 0.15) is 33.5 Å². The van der Waals surface area contributed by atoms with Gasteiger partial charge in [-0.25, -0.2) is 17.5 Å². The summed E-state index contributed by atoms with van der Waals surface area (Å²) in [6.45, 7) is 0.140. The average Bonchev–Trinajstić information content (AvgIpc) is 3.26. The molecule has 0 aliphatic heterocycles. The van der Waals surface area contributed by atoms with Gasteiger partial charge in [-0.05, 0) is 73.8 Å². The van der Waals surface area contributed by atoms with Gasteiger partial charge in [-0.15, -0.1) is 0 Å². The minimum Gasteiger partial charge on any atom is -0.381 e. The molecular formula is C24H24FN3O3S. The van der Waals surface area contributed by atoms with Crippen molar-refractivity contribution in [3.05, 3.63) is 88.7 Å². The van der Waals surface area contributed by atoms with Crippen molar-refractivity contribution in [2.45, 2.75) is 30.7 Å². The van der Waals surface area contributed by atoms with E-state index in [4.69, 9.17) is 0 Å². The van der Waals surface area contributed by atoms with Gasteiger partial charge >= 0.3 is 0 Å². The summed E-state index contributed by atoms with van der Waals surface area (Å²) in [4.78, 5) is 12.9. The van der Waals surface area contributed by atoms with Crippen molar-refractivity contribution < 1.29 is 17.6 Å². The van der Waals surface area contributed by atoms with Crippen molar-refractivity contribution in [2.24, 2.45) is 0 Å². The summed E-state index contributed by atoms with van der Waals surface area (Å²) >= 11 is 0. The van der Waals surface area contributed by atoms with E-state index in [0.717, 1.165) is 19.3 Å². The fourth-order valence-electron chi connectivity index (χ4n) is 3.80. The van der Waals surface area contributed by atoms with Gasteiger partial charge in [-0.1, -0.05) is 24.3 Å². The molecular weight excluding hydrogens is 429 g/mol. The van der Waals surface area contributed by atoms with Gasteiger partial charge in [0, 0.05) is 29.0 Å². The molecule has 4 rings (SSSR count). The molecule has 0 atom stereocenters. The van der Waals surface area contributed by atoms with Crippen LogP contribution in [0.15, 0.2) is 65.6 Å². The van der Waals surface area contributed by atoms with Gasteiger partial charge < -0.3 is 10.6 Å². The molecule has 3 aromatic rings. The predicted octanol–water partition coefficient (Wildman–Crippen LogP) is 4.09. The van der Waals surface area contributed by atoms with Crippen molar-refractivity contribution in [1.82, 2.24) is 4.72 Å². The van der Waals surface area contributed by atoms with E-state index in [1.165, 1.54) is 36.4 Å². The van der Waals surface area contributed by atoms with E-state index in [0.29, 0.717) is 16.9 Å². The monoisotopic (exact) mass is 453 g/mol. The summed E-state index contributed by atoms with van der Waals surface area (Å²) in [7, 11) is -2.49. The van der Waals surface area contributed by atoms with Gasteiger partial charge in [0.2, 0.25) is 10.0 Å². The molecule has 0 bridgehead atoms. The van der Waals surface area contributed by atoms with Gasteiger partial charge in [0.25, 0.3) is 5.91 Å². The fraction of sp³-hybridized carbons (Fsp3) is 0.208. The predicted molar refractivity (Wildman–Crippen MR) is 123 cm³/mol. The standard InChI is InChI=1S/C24H24FN3O3S/c1-26-32(30,31)22-13-19(12-21(14-22)27-15-18-5-2-3-8-23(18)25)24(29)28-20-10-9-16-6-4-7-17(16)11-20/h2-3,5,8-14,26-27H,4,6-7,15H2,1H3,(H,28,29). The minimum absolute atomic E-state index is 0.0577. The van der Waals surface area contributed by atoms with Crippen molar-refractivity contribution in [2.75, 3.05) is 17.7 Å². The van der Waals surface area contributed by atoms with E-state index in [-0.39, 0.29) is 22.8 Å². The number of halogens is 1. The highest BCUT2D eigenvalue weighted by Gasteiger charge is 2.18. The molecule has 3 N–H and O–H groups in total. The number of fused-ring (bicyclic) bond motifs is 1. The Morgan fingerprint density at radius 2 is 1.75 bits per heavy atom. The van der Waals surface area contributed by atoms with Crippen LogP contribution >= 0.6 is 0 Å². The molecule has 1 aliphatic carbocycles. The van der Waals surface area contributed by atoms with Crippen molar-refractivity contribution in [3.8, 4) is 0 Å². The summed E-state index contributed by atoms with van der Waals surface area (Å²) in [5.74, 6) is -0.793. The zero-order valence-electron chi connectivity index (χ0n) is 17.6. The Morgan fingerprint density at radius 3 is 2.53 bits per heavy atom. The molecule has 0 unspecified atom stereocenters. The summed E-state index contributed by atoms with van der Waals surface area (Å²) in [5.41, 5.74) is 4.18. The molecule has 3 aromatic carbocycles. The lowest BCUT2D eigenvalue weighted by Crippen LogP contribution is -2.20.